The van der Waals surface area contributed by atoms with E-state index in [0.717, 1.165) is 18.6 Å². The van der Waals surface area contributed by atoms with Crippen LogP contribution in [0, 0.1) is 5.92 Å². The molecule has 70 valence electrons. The summed E-state index contributed by atoms with van der Waals surface area (Å²) in [5, 5.41) is 0.459. The average Bonchev–Trinajstić information content (AvgIpc) is 2.56. The molecule has 0 radical (unpaired) electrons. The van der Waals surface area contributed by atoms with Crippen molar-refractivity contribution < 1.29 is 4.79 Å². The molecule has 1 saturated carbocycles. The first kappa shape index (κ1) is 10.1. The first-order valence-corrected chi connectivity index (χ1v) is 5.99. The minimum Gasteiger partial charge on any atom is -0.287 e. The number of thioether (sulfide) groups is 1. The predicted octanol–water partition coefficient (Wildman–Crippen LogP) is 3.24. The lowest BCUT2D eigenvalue weighted by molar-refractivity contribution is -0.114. The molecule has 0 aromatic carbocycles. The molecule has 2 heteroatoms. The molecule has 12 heavy (non-hydrogen) atoms. The third-order valence-electron chi connectivity index (χ3n) is 2.43. The summed E-state index contributed by atoms with van der Waals surface area (Å²) in [6.07, 6.45) is 7.22. The summed E-state index contributed by atoms with van der Waals surface area (Å²) in [5.74, 6) is 1.44. The summed E-state index contributed by atoms with van der Waals surface area (Å²) in [6, 6.07) is 0. The summed E-state index contributed by atoms with van der Waals surface area (Å²) < 4.78 is 0. The van der Waals surface area contributed by atoms with Gasteiger partial charge in [0, 0.05) is 11.7 Å². The molecular weight excluding hydrogens is 168 g/mol. The van der Waals surface area contributed by atoms with Gasteiger partial charge in [-0.05, 0) is 19.3 Å². The average molecular weight is 186 g/mol. The third-order valence-corrected chi connectivity index (χ3v) is 3.54. The fourth-order valence-electron chi connectivity index (χ4n) is 1.60. The second-order valence-corrected chi connectivity index (χ2v) is 4.60. The first-order valence-electron chi connectivity index (χ1n) is 5.01. The number of unbranched alkanes of at least 4 members (excludes halogenated alkanes) is 1. The Kier molecular flexibility index (Phi) is 4.74. The smallest absolute Gasteiger partial charge is 0.192 e. The zero-order chi connectivity index (χ0) is 8.81. The summed E-state index contributed by atoms with van der Waals surface area (Å²) in [5.41, 5.74) is 0. The molecule has 0 saturated heterocycles. The number of hydrogen-bond donors (Lipinski definition) is 0. The maximum absolute atomic E-state index is 11.5. The standard InChI is InChI=1S/C10H18OS/c1-2-3-8-12-10(11)9-6-4-5-7-9/h9H,2-8H2,1H3. The van der Waals surface area contributed by atoms with Crippen LogP contribution in [-0.2, 0) is 4.79 Å². The van der Waals surface area contributed by atoms with Crippen LogP contribution in [0.1, 0.15) is 45.4 Å². The summed E-state index contributed by atoms with van der Waals surface area (Å²) in [7, 11) is 0. The van der Waals surface area contributed by atoms with Crippen molar-refractivity contribution in [2.45, 2.75) is 45.4 Å². The molecule has 1 fully saturated rings. The maximum Gasteiger partial charge on any atom is 0.192 e. The minimum absolute atomic E-state index is 0.409. The Balaban J connectivity index is 2.10. The van der Waals surface area contributed by atoms with Gasteiger partial charge in [0.25, 0.3) is 0 Å². The van der Waals surface area contributed by atoms with E-state index in [1.54, 1.807) is 11.8 Å². The van der Waals surface area contributed by atoms with Crippen molar-refractivity contribution in [1.82, 2.24) is 0 Å². The highest BCUT2D eigenvalue weighted by Crippen LogP contribution is 2.29. The normalized spacial score (nSPS) is 18.4. The Morgan fingerprint density at radius 1 is 1.42 bits per heavy atom. The summed E-state index contributed by atoms with van der Waals surface area (Å²) >= 11 is 1.56. The van der Waals surface area contributed by atoms with E-state index >= 15 is 0 Å². The number of carbonyl (C=O) groups is 1. The van der Waals surface area contributed by atoms with Crippen LogP contribution in [0.25, 0.3) is 0 Å². The lowest BCUT2D eigenvalue weighted by atomic mass is 10.1. The highest BCUT2D eigenvalue weighted by molar-refractivity contribution is 8.13. The predicted molar refractivity (Wildman–Crippen MR) is 54.3 cm³/mol. The van der Waals surface area contributed by atoms with Gasteiger partial charge < -0.3 is 0 Å². The molecule has 0 spiro atoms. The van der Waals surface area contributed by atoms with Crippen molar-refractivity contribution >= 4 is 16.9 Å². The van der Waals surface area contributed by atoms with Gasteiger partial charge in [0.2, 0.25) is 0 Å². The number of rotatable bonds is 4. The summed E-state index contributed by atoms with van der Waals surface area (Å²) in [4.78, 5) is 11.5. The highest BCUT2D eigenvalue weighted by atomic mass is 32.2. The van der Waals surface area contributed by atoms with E-state index in [9.17, 15) is 4.79 Å². The Hall–Kier alpha value is 0.0200. The van der Waals surface area contributed by atoms with Crippen LogP contribution < -0.4 is 0 Å². The number of carbonyl (C=O) groups excluding carboxylic acids is 1. The second-order valence-electron chi connectivity index (χ2n) is 3.50. The van der Waals surface area contributed by atoms with Crippen LogP contribution in [0.15, 0.2) is 0 Å². The SMILES string of the molecule is CCCCSC(=O)C1CCCC1. The lowest BCUT2D eigenvalue weighted by Gasteiger charge is -2.05. The van der Waals surface area contributed by atoms with Crippen LogP contribution in [0.2, 0.25) is 0 Å². The molecule has 0 atom stereocenters. The molecule has 0 aromatic heterocycles. The van der Waals surface area contributed by atoms with Crippen molar-refractivity contribution in [3.05, 3.63) is 0 Å². The molecule has 0 heterocycles. The maximum atomic E-state index is 11.5. The van der Waals surface area contributed by atoms with Crippen LogP contribution >= 0.6 is 11.8 Å². The molecule has 0 aliphatic heterocycles. The van der Waals surface area contributed by atoms with Crippen molar-refractivity contribution in [2.75, 3.05) is 5.75 Å². The fraction of sp³-hybridized carbons (Fsp3) is 0.900. The fourth-order valence-corrected chi connectivity index (χ4v) is 2.70. The molecule has 0 unspecified atom stereocenters. The second kappa shape index (κ2) is 5.63. The van der Waals surface area contributed by atoms with Gasteiger partial charge >= 0.3 is 0 Å². The lowest BCUT2D eigenvalue weighted by Crippen LogP contribution is -2.06. The van der Waals surface area contributed by atoms with Gasteiger partial charge in [0.15, 0.2) is 5.12 Å². The van der Waals surface area contributed by atoms with E-state index in [4.69, 9.17) is 0 Å². The van der Waals surface area contributed by atoms with Gasteiger partial charge in [0.1, 0.15) is 0 Å². The van der Waals surface area contributed by atoms with Crippen LogP contribution in [-0.4, -0.2) is 10.9 Å². The van der Waals surface area contributed by atoms with Crippen molar-refractivity contribution in [3.8, 4) is 0 Å². The van der Waals surface area contributed by atoms with E-state index < -0.39 is 0 Å². The first-order chi connectivity index (χ1) is 5.84. The van der Waals surface area contributed by atoms with Crippen molar-refractivity contribution in [1.29, 1.82) is 0 Å². The molecular formula is C10H18OS. The van der Waals surface area contributed by atoms with Gasteiger partial charge in [-0.3, -0.25) is 4.79 Å². The quantitative estimate of drug-likeness (QED) is 0.627. The van der Waals surface area contributed by atoms with Crippen molar-refractivity contribution in [2.24, 2.45) is 5.92 Å². The molecule has 0 N–H and O–H groups in total. The van der Waals surface area contributed by atoms with Crippen LogP contribution in [0.5, 0.6) is 0 Å². The molecule has 1 rings (SSSR count). The van der Waals surface area contributed by atoms with E-state index in [1.807, 2.05) is 0 Å². The van der Waals surface area contributed by atoms with Gasteiger partial charge in [-0.1, -0.05) is 37.9 Å². The van der Waals surface area contributed by atoms with Crippen LogP contribution in [0.4, 0.5) is 0 Å². The number of hydrogen-bond acceptors (Lipinski definition) is 2. The van der Waals surface area contributed by atoms with E-state index in [1.165, 1.54) is 25.7 Å². The zero-order valence-electron chi connectivity index (χ0n) is 7.84. The Bertz CT molecular complexity index is 139. The topological polar surface area (TPSA) is 17.1 Å². The highest BCUT2D eigenvalue weighted by Gasteiger charge is 2.22. The zero-order valence-corrected chi connectivity index (χ0v) is 8.66. The molecule has 1 aliphatic rings. The van der Waals surface area contributed by atoms with Gasteiger partial charge in [-0.15, -0.1) is 0 Å². The minimum atomic E-state index is 0.409. The van der Waals surface area contributed by atoms with E-state index in [2.05, 4.69) is 6.92 Å². The Morgan fingerprint density at radius 2 is 2.08 bits per heavy atom. The Morgan fingerprint density at radius 3 is 2.67 bits per heavy atom. The Labute approximate surface area is 79.3 Å². The third kappa shape index (κ3) is 3.18. The van der Waals surface area contributed by atoms with Crippen molar-refractivity contribution in [3.63, 3.8) is 0 Å². The molecule has 0 amide bonds. The van der Waals surface area contributed by atoms with Crippen LogP contribution in [0.3, 0.4) is 0 Å². The van der Waals surface area contributed by atoms with E-state index in [-0.39, 0.29) is 0 Å². The largest absolute Gasteiger partial charge is 0.287 e. The van der Waals surface area contributed by atoms with E-state index in [0.29, 0.717) is 11.0 Å². The molecule has 1 nitrogen and oxygen atoms in total. The molecule has 1 aliphatic carbocycles. The monoisotopic (exact) mass is 186 g/mol. The van der Waals surface area contributed by atoms with Gasteiger partial charge in [-0.25, -0.2) is 0 Å². The van der Waals surface area contributed by atoms with Gasteiger partial charge in [-0.2, -0.15) is 0 Å². The summed E-state index contributed by atoms with van der Waals surface area (Å²) in [6.45, 7) is 2.17. The molecule has 0 bridgehead atoms. The van der Waals surface area contributed by atoms with Gasteiger partial charge in [0.05, 0.1) is 0 Å². The molecule has 0 aromatic rings.